The molecule has 6 rings (SSSR count). The summed E-state index contributed by atoms with van der Waals surface area (Å²) in [6, 6.07) is 13.8. The summed E-state index contributed by atoms with van der Waals surface area (Å²) in [7, 11) is 1.84. The fraction of sp³-hybridized carbons (Fsp3) is 0.393. The standard InChI is InChI=1S/C28H30N4O5/c1-17-29-30-28(36-17)26-14-22-24(4-3-5-25(22)37-26)35-16-21(33)15-32-10-8-18(9-11-32)19-6-7-23-20(12-19)13-27(34)31(23)2/h3-7,12,14,18,21,33H,8-11,13,15-16H2,1-2H3/t21-/m0/s1. The minimum atomic E-state index is -0.613. The molecule has 2 aliphatic rings. The Balaban J connectivity index is 1.03. The van der Waals surface area contributed by atoms with Crippen LogP contribution in [0.3, 0.4) is 0 Å². The average molecular weight is 503 g/mol. The van der Waals surface area contributed by atoms with Gasteiger partial charge in [0.2, 0.25) is 11.8 Å². The van der Waals surface area contributed by atoms with Crippen molar-refractivity contribution in [1.82, 2.24) is 15.1 Å². The largest absolute Gasteiger partial charge is 0.490 e. The van der Waals surface area contributed by atoms with Crippen LogP contribution in [-0.2, 0) is 11.2 Å². The molecule has 4 heterocycles. The number of piperidine rings is 1. The van der Waals surface area contributed by atoms with Crippen LogP contribution < -0.4 is 9.64 Å². The summed E-state index contributed by atoms with van der Waals surface area (Å²) in [5, 5.41) is 19.4. The van der Waals surface area contributed by atoms with Gasteiger partial charge in [-0.05, 0) is 61.2 Å². The van der Waals surface area contributed by atoms with Gasteiger partial charge in [-0.2, -0.15) is 0 Å². The van der Waals surface area contributed by atoms with Crippen molar-refractivity contribution in [2.45, 2.75) is 38.2 Å². The summed E-state index contributed by atoms with van der Waals surface area (Å²) in [6.07, 6.45) is 1.94. The van der Waals surface area contributed by atoms with Crippen LogP contribution in [-0.4, -0.2) is 65.5 Å². The van der Waals surface area contributed by atoms with Gasteiger partial charge in [-0.3, -0.25) is 4.79 Å². The molecular weight excluding hydrogens is 472 g/mol. The van der Waals surface area contributed by atoms with E-state index in [9.17, 15) is 9.90 Å². The van der Waals surface area contributed by atoms with Crippen LogP contribution in [0.4, 0.5) is 5.69 Å². The van der Waals surface area contributed by atoms with Gasteiger partial charge in [0.1, 0.15) is 24.0 Å². The van der Waals surface area contributed by atoms with Crippen molar-refractivity contribution in [3.63, 3.8) is 0 Å². The van der Waals surface area contributed by atoms with Crippen molar-refractivity contribution < 1.29 is 23.5 Å². The second kappa shape index (κ2) is 9.64. The Morgan fingerprint density at radius 2 is 1.97 bits per heavy atom. The zero-order chi connectivity index (χ0) is 25.5. The Morgan fingerprint density at radius 3 is 2.76 bits per heavy atom. The number of nitrogens with zero attached hydrogens (tertiary/aromatic N) is 4. The molecule has 0 bridgehead atoms. The predicted octanol–water partition coefficient (Wildman–Crippen LogP) is 3.93. The lowest BCUT2D eigenvalue weighted by molar-refractivity contribution is -0.117. The Kier molecular flexibility index (Phi) is 6.18. The number of hydrogen-bond donors (Lipinski definition) is 1. The number of benzene rings is 2. The number of fused-ring (bicyclic) bond motifs is 2. The van der Waals surface area contributed by atoms with Crippen LogP contribution >= 0.6 is 0 Å². The molecule has 1 atom stereocenters. The molecule has 0 saturated carbocycles. The van der Waals surface area contributed by atoms with E-state index < -0.39 is 6.10 Å². The van der Waals surface area contributed by atoms with Crippen LogP contribution in [0.15, 0.2) is 51.3 Å². The number of aryl methyl sites for hydroxylation is 1. The zero-order valence-corrected chi connectivity index (χ0v) is 21.0. The van der Waals surface area contributed by atoms with E-state index >= 15 is 0 Å². The van der Waals surface area contributed by atoms with Gasteiger partial charge in [0.15, 0.2) is 5.76 Å². The first-order valence-corrected chi connectivity index (χ1v) is 12.7. The van der Waals surface area contributed by atoms with Gasteiger partial charge in [-0.15, -0.1) is 10.2 Å². The molecule has 37 heavy (non-hydrogen) atoms. The smallest absolute Gasteiger partial charge is 0.283 e. The zero-order valence-electron chi connectivity index (χ0n) is 21.0. The van der Waals surface area contributed by atoms with Gasteiger partial charge >= 0.3 is 0 Å². The van der Waals surface area contributed by atoms with E-state index in [-0.39, 0.29) is 12.5 Å². The number of likely N-dealkylation sites (N-methyl/N-ethyl adjacent to an activating group) is 1. The third kappa shape index (κ3) is 4.72. The summed E-state index contributed by atoms with van der Waals surface area (Å²) < 4.78 is 17.3. The highest BCUT2D eigenvalue weighted by Gasteiger charge is 2.27. The second-order valence-corrected chi connectivity index (χ2v) is 9.96. The van der Waals surface area contributed by atoms with Crippen molar-refractivity contribution in [3.05, 3.63) is 59.5 Å². The lowest BCUT2D eigenvalue weighted by atomic mass is 9.88. The third-order valence-electron chi connectivity index (χ3n) is 7.40. The number of aliphatic hydroxyl groups is 1. The number of carbonyl (C=O) groups is 1. The number of likely N-dealkylation sites (tertiary alicyclic amines) is 1. The fourth-order valence-electron chi connectivity index (χ4n) is 5.39. The molecule has 0 radical (unpaired) electrons. The van der Waals surface area contributed by atoms with E-state index in [0.717, 1.165) is 42.6 Å². The number of rotatable bonds is 7. The Labute approximate surface area is 214 Å². The van der Waals surface area contributed by atoms with Gasteiger partial charge in [0.25, 0.3) is 5.89 Å². The SMILES string of the molecule is Cc1nnc(-c2cc3c(OC[C@@H](O)CN4CCC(c5ccc6c(c5)CC(=O)N6C)CC4)cccc3o2)o1. The van der Waals surface area contributed by atoms with Crippen LogP contribution in [0, 0.1) is 6.92 Å². The summed E-state index contributed by atoms with van der Waals surface area (Å²) in [6.45, 7) is 4.31. The first-order chi connectivity index (χ1) is 17.9. The molecule has 2 aromatic carbocycles. The highest BCUT2D eigenvalue weighted by molar-refractivity contribution is 6.01. The van der Waals surface area contributed by atoms with E-state index in [1.165, 1.54) is 5.56 Å². The molecule has 0 spiro atoms. The molecule has 1 N–H and O–H groups in total. The van der Waals surface area contributed by atoms with E-state index in [4.69, 9.17) is 13.6 Å². The number of ether oxygens (including phenoxy) is 1. The minimum Gasteiger partial charge on any atom is -0.490 e. The number of carbonyl (C=O) groups excluding carboxylic acids is 1. The molecule has 192 valence electrons. The van der Waals surface area contributed by atoms with Crippen LogP contribution in [0.5, 0.6) is 5.75 Å². The van der Waals surface area contributed by atoms with Crippen molar-refractivity contribution in [2.24, 2.45) is 0 Å². The lowest BCUT2D eigenvalue weighted by Crippen LogP contribution is -2.40. The van der Waals surface area contributed by atoms with Gasteiger partial charge in [-0.1, -0.05) is 18.2 Å². The summed E-state index contributed by atoms with van der Waals surface area (Å²) in [5.41, 5.74) is 4.13. The Morgan fingerprint density at radius 1 is 1.14 bits per heavy atom. The normalized spacial score (nSPS) is 17.5. The molecule has 9 nitrogen and oxygen atoms in total. The van der Waals surface area contributed by atoms with E-state index in [1.54, 1.807) is 11.8 Å². The highest BCUT2D eigenvalue weighted by atomic mass is 16.5. The van der Waals surface area contributed by atoms with E-state index in [2.05, 4.69) is 33.3 Å². The molecule has 0 unspecified atom stereocenters. The van der Waals surface area contributed by atoms with Crippen molar-refractivity contribution in [2.75, 3.05) is 38.2 Å². The Bertz CT molecular complexity index is 1440. The number of aliphatic hydroxyl groups excluding tert-OH is 1. The molecule has 1 amide bonds. The number of furan rings is 1. The molecular formula is C28H30N4O5. The summed E-state index contributed by atoms with van der Waals surface area (Å²) >= 11 is 0. The van der Waals surface area contributed by atoms with E-state index in [0.29, 0.717) is 47.8 Å². The predicted molar refractivity (Wildman–Crippen MR) is 138 cm³/mol. The molecule has 2 aliphatic heterocycles. The second-order valence-electron chi connectivity index (χ2n) is 9.96. The quantitative estimate of drug-likeness (QED) is 0.405. The first-order valence-electron chi connectivity index (χ1n) is 12.7. The topological polar surface area (TPSA) is 105 Å². The summed E-state index contributed by atoms with van der Waals surface area (Å²) in [5.74, 6) is 2.55. The highest BCUT2D eigenvalue weighted by Crippen LogP contribution is 2.35. The van der Waals surface area contributed by atoms with E-state index in [1.807, 2.05) is 31.3 Å². The average Bonchev–Trinajstić information content (AvgIpc) is 3.60. The maximum Gasteiger partial charge on any atom is 0.283 e. The lowest BCUT2D eigenvalue weighted by Gasteiger charge is -2.33. The van der Waals surface area contributed by atoms with Crippen LogP contribution in [0.2, 0.25) is 0 Å². The molecule has 1 saturated heterocycles. The molecule has 1 fully saturated rings. The van der Waals surface area contributed by atoms with Gasteiger partial charge in [-0.25, -0.2) is 0 Å². The monoisotopic (exact) mass is 502 g/mol. The number of aromatic nitrogens is 2. The fourth-order valence-corrected chi connectivity index (χ4v) is 5.39. The number of hydrogen-bond acceptors (Lipinski definition) is 8. The number of amides is 1. The number of anilines is 1. The maximum atomic E-state index is 12.0. The Hall–Kier alpha value is -3.69. The van der Waals surface area contributed by atoms with Crippen LogP contribution in [0.25, 0.3) is 22.6 Å². The van der Waals surface area contributed by atoms with Gasteiger partial charge in [0, 0.05) is 32.3 Å². The number of β-amino-alcohol motifs (C(OH)–C–C–N with tert-alkyl or cyclic N) is 1. The van der Waals surface area contributed by atoms with Crippen molar-refractivity contribution in [1.29, 1.82) is 0 Å². The van der Waals surface area contributed by atoms with Gasteiger partial charge < -0.3 is 28.5 Å². The first kappa shape index (κ1) is 23.7. The van der Waals surface area contributed by atoms with Gasteiger partial charge in [0.05, 0.1) is 11.8 Å². The molecule has 4 aromatic rings. The molecule has 9 heteroatoms. The third-order valence-corrected chi connectivity index (χ3v) is 7.40. The molecule has 2 aromatic heterocycles. The molecule has 0 aliphatic carbocycles. The maximum absolute atomic E-state index is 12.0. The minimum absolute atomic E-state index is 0.157. The summed E-state index contributed by atoms with van der Waals surface area (Å²) in [4.78, 5) is 16.0. The van der Waals surface area contributed by atoms with Crippen molar-refractivity contribution in [3.8, 4) is 17.4 Å². The van der Waals surface area contributed by atoms with Crippen molar-refractivity contribution >= 4 is 22.6 Å². The van der Waals surface area contributed by atoms with Crippen LogP contribution in [0.1, 0.15) is 35.8 Å².